The number of carbonyl (C=O) groups excluding carboxylic acids is 1. The van der Waals surface area contributed by atoms with Gasteiger partial charge in [-0.1, -0.05) is 12.8 Å². The van der Waals surface area contributed by atoms with Crippen molar-refractivity contribution in [2.45, 2.75) is 25.7 Å². The van der Waals surface area contributed by atoms with Gasteiger partial charge in [-0.2, -0.15) is 0 Å². The van der Waals surface area contributed by atoms with Crippen molar-refractivity contribution >= 4 is 11.6 Å². The molecule has 8 nitrogen and oxygen atoms in total. The van der Waals surface area contributed by atoms with E-state index in [-0.39, 0.29) is 28.7 Å². The number of benzene rings is 1. The molecule has 0 atom stereocenters. The van der Waals surface area contributed by atoms with Crippen LogP contribution in [0.4, 0.5) is 5.69 Å². The average Bonchev–Trinajstić information content (AvgIpc) is 2.88. The van der Waals surface area contributed by atoms with Crippen LogP contribution < -0.4 is 14.2 Å². The highest BCUT2D eigenvalue weighted by Crippen LogP contribution is 2.46. The predicted molar refractivity (Wildman–Crippen MR) is 87.1 cm³/mol. The Morgan fingerprint density at radius 1 is 1.04 bits per heavy atom. The van der Waals surface area contributed by atoms with Gasteiger partial charge in [0.05, 0.1) is 26.3 Å². The molecule has 2 rings (SSSR count). The Kier molecular flexibility index (Phi) is 5.83. The molecule has 1 aliphatic heterocycles. The number of nitro benzene ring substituents is 1. The fourth-order valence-electron chi connectivity index (χ4n) is 2.93. The van der Waals surface area contributed by atoms with E-state index in [1.165, 1.54) is 27.4 Å². The highest BCUT2D eigenvalue weighted by molar-refractivity contribution is 6.00. The molecule has 1 saturated heterocycles. The second kappa shape index (κ2) is 7.85. The minimum atomic E-state index is -0.619. The maximum Gasteiger partial charge on any atom is 0.327 e. The largest absolute Gasteiger partial charge is 0.493 e. The number of amides is 1. The molecule has 0 saturated carbocycles. The molecule has 1 aliphatic rings. The van der Waals surface area contributed by atoms with Gasteiger partial charge in [-0.25, -0.2) is 0 Å². The summed E-state index contributed by atoms with van der Waals surface area (Å²) in [6.07, 6.45) is 3.90. The van der Waals surface area contributed by atoms with E-state index in [0.717, 1.165) is 25.7 Å². The maximum atomic E-state index is 12.9. The first-order valence-electron chi connectivity index (χ1n) is 7.81. The lowest BCUT2D eigenvalue weighted by molar-refractivity contribution is -0.386. The van der Waals surface area contributed by atoms with Gasteiger partial charge in [0.25, 0.3) is 5.91 Å². The van der Waals surface area contributed by atoms with Crippen molar-refractivity contribution in [1.29, 1.82) is 0 Å². The van der Waals surface area contributed by atoms with Crippen LogP contribution in [-0.2, 0) is 0 Å². The number of likely N-dealkylation sites (tertiary alicyclic amines) is 1. The number of nitrogens with zero attached hydrogens (tertiary/aromatic N) is 2. The van der Waals surface area contributed by atoms with Crippen LogP contribution in [-0.4, -0.2) is 50.1 Å². The molecule has 0 spiro atoms. The Hall–Kier alpha value is -2.51. The average molecular weight is 338 g/mol. The van der Waals surface area contributed by atoms with Crippen LogP contribution in [0.3, 0.4) is 0 Å². The summed E-state index contributed by atoms with van der Waals surface area (Å²) >= 11 is 0. The zero-order valence-corrected chi connectivity index (χ0v) is 14.2. The van der Waals surface area contributed by atoms with Gasteiger partial charge < -0.3 is 19.1 Å². The summed E-state index contributed by atoms with van der Waals surface area (Å²) < 4.78 is 15.5. The fourth-order valence-corrected chi connectivity index (χ4v) is 2.93. The third-order valence-electron chi connectivity index (χ3n) is 4.11. The summed E-state index contributed by atoms with van der Waals surface area (Å²) in [5.41, 5.74) is -0.444. The monoisotopic (exact) mass is 338 g/mol. The molecule has 1 fully saturated rings. The van der Waals surface area contributed by atoms with E-state index in [4.69, 9.17) is 14.2 Å². The molecule has 1 aromatic carbocycles. The lowest BCUT2D eigenvalue weighted by Gasteiger charge is -2.21. The summed E-state index contributed by atoms with van der Waals surface area (Å²) in [6, 6.07) is 1.35. The van der Waals surface area contributed by atoms with Gasteiger partial charge in [0.15, 0.2) is 5.75 Å². The lowest BCUT2D eigenvalue weighted by Crippen LogP contribution is -2.32. The Balaban J connectivity index is 2.58. The molecule has 24 heavy (non-hydrogen) atoms. The third kappa shape index (κ3) is 3.37. The molecule has 0 aliphatic carbocycles. The smallest absolute Gasteiger partial charge is 0.327 e. The first kappa shape index (κ1) is 17.8. The van der Waals surface area contributed by atoms with Crippen molar-refractivity contribution < 1.29 is 23.9 Å². The molecule has 0 bridgehead atoms. The van der Waals surface area contributed by atoms with E-state index in [2.05, 4.69) is 0 Å². The van der Waals surface area contributed by atoms with Crippen molar-refractivity contribution in [1.82, 2.24) is 4.90 Å². The van der Waals surface area contributed by atoms with Crippen LogP contribution in [0, 0.1) is 10.1 Å². The molecular formula is C16H22N2O6. The quantitative estimate of drug-likeness (QED) is 0.605. The first-order valence-corrected chi connectivity index (χ1v) is 7.81. The Bertz CT molecular complexity index is 623. The van der Waals surface area contributed by atoms with Gasteiger partial charge in [0.2, 0.25) is 11.5 Å². The zero-order valence-electron chi connectivity index (χ0n) is 14.2. The van der Waals surface area contributed by atoms with Gasteiger partial charge in [-0.05, 0) is 12.8 Å². The molecule has 0 aromatic heterocycles. The number of ether oxygens (including phenoxy) is 3. The Labute approximate surface area is 140 Å². The summed E-state index contributed by atoms with van der Waals surface area (Å²) in [5, 5.41) is 11.6. The van der Waals surface area contributed by atoms with Crippen LogP contribution in [0.2, 0.25) is 0 Å². The molecule has 132 valence electrons. The molecule has 0 radical (unpaired) electrons. The number of hydrogen-bond acceptors (Lipinski definition) is 6. The van der Waals surface area contributed by atoms with E-state index >= 15 is 0 Å². The van der Waals surface area contributed by atoms with E-state index < -0.39 is 10.6 Å². The van der Waals surface area contributed by atoms with Gasteiger partial charge in [0.1, 0.15) is 5.56 Å². The van der Waals surface area contributed by atoms with Crippen LogP contribution in [0.25, 0.3) is 0 Å². The van der Waals surface area contributed by atoms with Gasteiger partial charge in [-0.15, -0.1) is 0 Å². The van der Waals surface area contributed by atoms with Gasteiger partial charge in [-0.3, -0.25) is 14.9 Å². The summed E-state index contributed by atoms with van der Waals surface area (Å²) in [6.45, 7) is 1.18. The van der Waals surface area contributed by atoms with Gasteiger partial charge >= 0.3 is 5.69 Å². The van der Waals surface area contributed by atoms with Crippen LogP contribution in [0.5, 0.6) is 17.2 Å². The second-order valence-electron chi connectivity index (χ2n) is 5.51. The Morgan fingerprint density at radius 3 is 2.08 bits per heavy atom. The summed E-state index contributed by atoms with van der Waals surface area (Å²) in [4.78, 5) is 25.5. The van der Waals surface area contributed by atoms with Crippen LogP contribution in [0.1, 0.15) is 36.0 Å². The standard InChI is InChI=1S/C16H22N2O6/c1-22-12-10-11(16(19)17-8-6-4-5-7-9-17)13(18(20)21)15(24-3)14(12)23-2/h10H,4-9H2,1-3H3. The van der Waals surface area contributed by atoms with E-state index in [0.29, 0.717) is 13.1 Å². The number of nitro groups is 1. The first-order chi connectivity index (χ1) is 11.5. The van der Waals surface area contributed by atoms with Gasteiger partial charge in [0, 0.05) is 19.2 Å². The number of methoxy groups -OCH3 is 3. The highest BCUT2D eigenvalue weighted by atomic mass is 16.6. The molecule has 8 heteroatoms. The van der Waals surface area contributed by atoms with E-state index in [1.54, 1.807) is 4.90 Å². The SMILES string of the molecule is COc1cc(C(=O)N2CCCCCC2)c([N+](=O)[O-])c(OC)c1OC. The summed E-state index contributed by atoms with van der Waals surface area (Å²) in [5.74, 6) is -0.180. The molecular weight excluding hydrogens is 316 g/mol. The zero-order chi connectivity index (χ0) is 17.7. The van der Waals surface area contributed by atoms with Crippen LogP contribution in [0.15, 0.2) is 6.07 Å². The predicted octanol–water partition coefficient (Wildman–Crippen LogP) is 2.64. The van der Waals surface area contributed by atoms with E-state index in [1.807, 2.05) is 0 Å². The highest BCUT2D eigenvalue weighted by Gasteiger charge is 2.34. The normalized spacial score (nSPS) is 14.7. The third-order valence-corrected chi connectivity index (χ3v) is 4.11. The molecule has 1 amide bonds. The van der Waals surface area contributed by atoms with Crippen molar-refractivity contribution in [2.75, 3.05) is 34.4 Å². The topological polar surface area (TPSA) is 91.1 Å². The van der Waals surface area contributed by atoms with Crippen LogP contribution >= 0.6 is 0 Å². The van der Waals surface area contributed by atoms with E-state index in [9.17, 15) is 14.9 Å². The number of rotatable bonds is 5. The maximum absolute atomic E-state index is 12.9. The fraction of sp³-hybridized carbons (Fsp3) is 0.562. The molecule has 0 N–H and O–H groups in total. The lowest BCUT2D eigenvalue weighted by atomic mass is 10.1. The minimum absolute atomic E-state index is 0.0450. The molecule has 1 heterocycles. The van der Waals surface area contributed by atoms with Crippen molar-refractivity contribution in [2.24, 2.45) is 0 Å². The Morgan fingerprint density at radius 2 is 1.62 bits per heavy atom. The number of carbonyl (C=O) groups is 1. The van der Waals surface area contributed by atoms with Crippen molar-refractivity contribution in [3.63, 3.8) is 0 Å². The number of hydrogen-bond donors (Lipinski definition) is 0. The molecule has 0 unspecified atom stereocenters. The van der Waals surface area contributed by atoms with Crippen molar-refractivity contribution in [3.8, 4) is 17.2 Å². The molecule has 1 aromatic rings. The minimum Gasteiger partial charge on any atom is -0.493 e. The second-order valence-corrected chi connectivity index (χ2v) is 5.51. The van der Waals surface area contributed by atoms with Crippen molar-refractivity contribution in [3.05, 3.63) is 21.7 Å². The summed E-state index contributed by atoms with van der Waals surface area (Å²) in [7, 11) is 4.06.